The highest BCUT2D eigenvalue weighted by Crippen LogP contribution is 2.11. The largest absolute Gasteiger partial charge is 0.348 e. The van der Waals surface area contributed by atoms with Crippen LogP contribution in [-0.4, -0.2) is 11.8 Å². The van der Waals surface area contributed by atoms with Gasteiger partial charge in [-0.1, -0.05) is 18.2 Å². The average molecular weight is 293 g/mol. The van der Waals surface area contributed by atoms with Gasteiger partial charge in [-0.05, 0) is 35.9 Å². The van der Waals surface area contributed by atoms with E-state index in [2.05, 4.69) is 10.6 Å². The molecule has 0 unspecified atom stereocenters. The molecule has 2 N–H and O–H groups in total. The Morgan fingerprint density at radius 1 is 1.14 bits per heavy atom. The molecule has 0 saturated carbocycles. The molecule has 0 saturated heterocycles. The number of hydrogen-bond donors (Lipinski definition) is 2. The van der Waals surface area contributed by atoms with Crippen molar-refractivity contribution in [2.75, 3.05) is 5.32 Å². The Bertz CT molecular complexity index is 730. The van der Waals surface area contributed by atoms with Crippen molar-refractivity contribution in [3.05, 3.63) is 65.2 Å². The highest BCUT2D eigenvalue weighted by atomic mass is 16.2. The Balaban J connectivity index is 1.99. The number of nitrogens with one attached hydrogen (secondary N) is 2. The van der Waals surface area contributed by atoms with E-state index in [4.69, 9.17) is 5.26 Å². The van der Waals surface area contributed by atoms with Crippen LogP contribution in [0.5, 0.6) is 0 Å². The van der Waals surface area contributed by atoms with Gasteiger partial charge in [-0.15, -0.1) is 0 Å². The molecule has 0 atom stereocenters. The lowest BCUT2D eigenvalue weighted by Gasteiger charge is -2.07. The lowest BCUT2D eigenvalue weighted by atomic mass is 10.1. The zero-order valence-electron chi connectivity index (χ0n) is 12.1. The summed E-state index contributed by atoms with van der Waals surface area (Å²) in [5.74, 6) is -0.410. The van der Waals surface area contributed by atoms with Crippen LogP contribution in [0.1, 0.15) is 28.4 Å². The number of rotatable bonds is 4. The van der Waals surface area contributed by atoms with Gasteiger partial charge in [0.25, 0.3) is 5.91 Å². The molecule has 0 spiro atoms. The van der Waals surface area contributed by atoms with Crippen LogP contribution in [0.2, 0.25) is 0 Å². The lowest BCUT2D eigenvalue weighted by molar-refractivity contribution is -0.114. The third kappa shape index (κ3) is 4.18. The van der Waals surface area contributed by atoms with E-state index in [1.54, 1.807) is 48.5 Å². The van der Waals surface area contributed by atoms with E-state index in [-0.39, 0.29) is 11.8 Å². The molecule has 0 radical (unpaired) electrons. The fraction of sp³-hybridized carbons (Fsp3) is 0.118. The van der Waals surface area contributed by atoms with E-state index in [0.717, 1.165) is 5.56 Å². The Kier molecular flexibility index (Phi) is 4.89. The van der Waals surface area contributed by atoms with Gasteiger partial charge in [0.15, 0.2) is 0 Å². The van der Waals surface area contributed by atoms with Crippen LogP contribution in [0.15, 0.2) is 48.5 Å². The Morgan fingerprint density at radius 3 is 2.50 bits per heavy atom. The summed E-state index contributed by atoms with van der Waals surface area (Å²) in [5.41, 5.74) is 2.54. The molecule has 2 aromatic rings. The van der Waals surface area contributed by atoms with Crippen molar-refractivity contribution >= 4 is 17.5 Å². The second-order valence-corrected chi connectivity index (χ2v) is 4.75. The molecule has 0 aliphatic heterocycles. The van der Waals surface area contributed by atoms with E-state index < -0.39 is 0 Å². The molecule has 5 nitrogen and oxygen atoms in total. The number of nitrogens with zero attached hydrogens (tertiary/aromatic N) is 1. The van der Waals surface area contributed by atoms with Gasteiger partial charge in [0.05, 0.1) is 11.6 Å². The number of benzene rings is 2. The fourth-order valence-electron chi connectivity index (χ4n) is 1.92. The molecule has 5 heteroatoms. The molecule has 0 aliphatic rings. The summed E-state index contributed by atoms with van der Waals surface area (Å²) in [6.07, 6.45) is 0. The summed E-state index contributed by atoms with van der Waals surface area (Å²) in [7, 11) is 0. The van der Waals surface area contributed by atoms with Gasteiger partial charge in [-0.2, -0.15) is 5.26 Å². The predicted molar refractivity (Wildman–Crippen MR) is 83.1 cm³/mol. The van der Waals surface area contributed by atoms with E-state index in [1.807, 2.05) is 6.07 Å². The fourth-order valence-corrected chi connectivity index (χ4v) is 1.92. The van der Waals surface area contributed by atoms with Gasteiger partial charge in [0.2, 0.25) is 5.91 Å². The smallest absolute Gasteiger partial charge is 0.251 e. The predicted octanol–water partition coefficient (Wildman–Crippen LogP) is 2.45. The number of nitriles is 1. The van der Waals surface area contributed by atoms with Gasteiger partial charge >= 0.3 is 0 Å². The van der Waals surface area contributed by atoms with Crippen molar-refractivity contribution in [3.8, 4) is 6.07 Å². The maximum absolute atomic E-state index is 12.1. The number of amides is 2. The van der Waals surface area contributed by atoms with Gasteiger partial charge in [0, 0.05) is 24.7 Å². The minimum Gasteiger partial charge on any atom is -0.348 e. The zero-order valence-corrected chi connectivity index (χ0v) is 12.1. The lowest BCUT2D eigenvalue weighted by Crippen LogP contribution is -2.22. The van der Waals surface area contributed by atoms with Crippen molar-refractivity contribution in [1.29, 1.82) is 5.26 Å². The number of hydrogen-bond acceptors (Lipinski definition) is 3. The van der Waals surface area contributed by atoms with Gasteiger partial charge in [-0.25, -0.2) is 0 Å². The highest BCUT2D eigenvalue weighted by Gasteiger charge is 2.06. The topological polar surface area (TPSA) is 82.0 Å². The van der Waals surface area contributed by atoms with Crippen molar-refractivity contribution < 1.29 is 9.59 Å². The molecule has 0 aromatic heterocycles. The van der Waals surface area contributed by atoms with Crippen molar-refractivity contribution in [1.82, 2.24) is 5.32 Å². The third-order valence-electron chi connectivity index (χ3n) is 2.98. The van der Waals surface area contributed by atoms with Crippen molar-refractivity contribution in [2.45, 2.75) is 13.5 Å². The Morgan fingerprint density at radius 2 is 1.86 bits per heavy atom. The van der Waals surface area contributed by atoms with E-state index >= 15 is 0 Å². The van der Waals surface area contributed by atoms with Crippen molar-refractivity contribution in [3.63, 3.8) is 0 Å². The molecule has 110 valence electrons. The van der Waals surface area contributed by atoms with Gasteiger partial charge < -0.3 is 10.6 Å². The minimum absolute atomic E-state index is 0.185. The highest BCUT2D eigenvalue weighted by molar-refractivity contribution is 5.96. The van der Waals surface area contributed by atoms with E-state index in [1.165, 1.54) is 6.92 Å². The van der Waals surface area contributed by atoms with Crippen LogP contribution in [-0.2, 0) is 11.3 Å². The molecular formula is C17H15N3O2. The van der Waals surface area contributed by atoms with Crippen molar-refractivity contribution in [2.24, 2.45) is 0 Å². The van der Waals surface area contributed by atoms with Crippen LogP contribution >= 0.6 is 0 Å². The van der Waals surface area contributed by atoms with Gasteiger partial charge in [0.1, 0.15) is 0 Å². The minimum atomic E-state index is -0.225. The molecule has 2 rings (SSSR count). The van der Waals surface area contributed by atoms with Crippen LogP contribution in [0, 0.1) is 11.3 Å². The van der Waals surface area contributed by atoms with E-state index in [9.17, 15) is 9.59 Å². The molecule has 0 aliphatic carbocycles. The maximum atomic E-state index is 12.1. The molecule has 0 heterocycles. The summed E-state index contributed by atoms with van der Waals surface area (Å²) < 4.78 is 0. The molecule has 0 bridgehead atoms. The normalized spacial score (nSPS) is 9.64. The quantitative estimate of drug-likeness (QED) is 0.908. The summed E-state index contributed by atoms with van der Waals surface area (Å²) in [6.45, 7) is 1.78. The summed E-state index contributed by atoms with van der Waals surface area (Å²) in [6, 6.07) is 15.8. The molecular weight excluding hydrogens is 278 g/mol. The van der Waals surface area contributed by atoms with E-state index in [0.29, 0.717) is 23.4 Å². The molecule has 2 aromatic carbocycles. The zero-order chi connectivity index (χ0) is 15.9. The first kappa shape index (κ1) is 15.3. The molecule has 0 fully saturated rings. The molecule has 2 amide bonds. The van der Waals surface area contributed by atoms with Crippen LogP contribution in [0.4, 0.5) is 5.69 Å². The van der Waals surface area contributed by atoms with Crippen LogP contribution in [0.25, 0.3) is 0 Å². The first-order valence-corrected chi connectivity index (χ1v) is 6.73. The monoisotopic (exact) mass is 293 g/mol. The Hall–Kier alpha value is -3.13. The summed E-state index contributed by atoms with van der Waals surface area (Å²) >= 11 is 0. The van der Waals surface area contributed by atoms with Crippen LogP contribution in [0.3, 0.4) is 0 Å². The SMILES string of the molecule is CC(=O)Nc1cccc(C(=O)NCc2ccc(C#N)cc2)c1. The summed E-state index contributed by atoms with van der Waals surface area (Å²) in [5, 5.41) is 14.2. The second kappa shape index (κ2) is 7.04. The second-order valence-electron chi connectivity index (χ2n) is 4.75. The number of anilines is 1. The van der Waals surface area contributed by atoms with Crippen LogP contribution < -0.4 is 10.6 Å². The summed E-state index contributed by atoms with van der Waals surface area (Å²) in [4.78, 5) is 23.1. The average Bonchev–Trinajstić information content (AvgIpc) is 2.52. The van der Waals surface area contributed by atoms with Gasteiger partial charge in [-0.3, -0.25) is 9.59 Å². The maximum Gasteiger partial charge on any atom is 0.251 e. The number of carbonyl (C=O) groups is 2. The number of carbonyl (C=O) groups excluding carboxylic acids is 2. The molecule has 22 heavy (non-hydrogen) atoms. The standard InChI is InChI=1S/C17H15N3O2/c1-12(21)20-16-4-2-3-15(9-16)17(22)19-11-14-7-5-13(10-18)6-8-14/h2-9H,11H2,1H3,(H,19,22)(H,20,21). The first-order chi connectivity index (χ1) is 10.6. The Labute approximate surface area is 128 Å². The first-order valence-electron chi connectivity index (χ1n) is 6.73. The third-order valence-corrected chi connectivity index (χ3v) is 2.98.